The first-order chi connectivity index (χ1) is 13.8. The standard InChI is InChI=1S/C25H39NO3/c1-8-17-27-25(28-18-9-2)19-23(6,7)26(24(10-3,11-4)20-25)29-21(5)22-15-13-12-14-16-22/h8-9,12-16,21H,1-2,10-11,17-20H2,3-7H3. The van der Waals surface area contributed by atoms with Crippen LogP contribution in [0.1, 0.15) is 72.0 Å². The number of benzene rings is 1. The molecule has 2 rings (SSSR count). The van der Waals surface area contributed by atoms with Gasteiger partial charge in [-0.15, -0.1) is 13.2 Å². The second-order valence-corrected chi connectivity index (χ2v) is 8.66. The molecule has 1 aliphatic heterocycles. The van der Waals surface area contributed by atoms with E-state index in [4.69, 9.17) is 14.3 Å². The maximum atomic E-state index is 6.67. The van der Waals surface area contributed by atoms with Crippen LogP contribution in [-0.2, 0) is 14.3 Å². The summed E-state index contributed by atoms with van der Waals surface area (Å²) < 4.78 is 12.6. The Morgan fingerprint density at radius 3 is 2.03 bits per heavy atom. The highest BCUT2D eigenvalue weighted by Gasteiger charge is 2.57. The lowest BCUT2D eigenvalue weighted by Crippen LogP contribution is -2.68. The van der Waals surface area contributed by atoms with Crippen molar-refractivity contribution in [3.8, 4) is 0 Å². The molecule has 1 saturated heterocycles. The van der Waals surface area contributed by atoms with Crippen LogP contribution in [0, 0.1) is 0 Å². The fraction of sp³-hybridized carbons (Fsp3) is 0.600. The Balaban J connectivity index is 2.39. The van der Waals surface area contributed by atoms with E-state index in [0.29, 0.717) is 19.6 Å². The van der Waals surface area contributed by atoms with Gasteiger partial charge in [0.05, 0.1) is 18.8 Å². The largest absolute Gasteiger partial charge is 0.346 e. The van der Waals surface area contributed by atoms with Crippen LogP contribution in [0.15, 0.2) is 55.6 Å². The number of rotatable bonds is 11. The molecular weight excluding hydrogens is 362 g/mol. The molecule has 1 unspecified atom stereocenters. The van der Waals surface area contributed by atoms with Crippen molar-refractivity contribution in [3.05, 3.63) is 61.2 Å². The zero-order valence-corrected chi connectivity index (χ0v) is 18.9. The van der Waals surface area contributed by atoms with Crippen LogP contribution >= 0.6 is 0 Å². The third kappa shape index (κ3) is 5.37. The molecule has 1 fully saturated rings. The van der Waals surface area contributed by atoms with Gasteiger partial charge in [-0.3, -0.25) is 4.84 Å². The van der Waals surface area contributed by atoms with E-state index in [-0.39, 0.29) is 17.2 Å². The van der Waals surface area contributed by atoms with Gasteiger partial charge in [0.1, 0.15) is 6.10 Å². The van der Waals surface area contributed by atoms with Gasteiger partial charge in [-0.1, -0.05) is 56.3 Å². The lowest BCUT2D eigenvalue weighted by molar-refractivity contribution is -0.372. The molecule has 0 aromatic heterocycles. The van der Waals surface area contributed by atoms with E-state index in [1.54, 1.807) is 12.2 Å². The molecule has 4 nitrogen and oxygen atoms in total. The van der Waals surface area contributed by atoms with Gasteiger partial charge in [0.25, 0.3) is 0 Å². The average Bonchev–Trinajstić information content (AvgIpc) is 2.73. The van der Waals surface area contributed by atoms with E-state index in [9.17, 15) is 0 Å². The molecule has 1 aromatic rings. The minimum absolute atomic E-state index is 0.0383. The molecule has 0 N–H and O–H groups in total. The summed E-state index contributed by atoms with van der Waals surface area (Å²) in [5.41, 5.74) is 0.690. The lowest BCUT2D eigenvalue weighted by Gasteiger charge is -2.59. The molecule has 29 heavy (non-hydrogen) atoms. The van der Waals surface area contributed by atoms with Crippen LogP contribution < -0.4 is 0 Å². The third-order valence-electron chi connectivity index (χ3n) is 6.06. The van der Waals surface area contributed by atoms with Crippen LogP contribution in [-0.4, -0.2) is 35.1 Å². The minimum Gasteiger partial charge on any atom is -0.346 e. The van der Waals surface area contributed by atoms with Crippen LogP contribution in [0.3, 0.4) is 0 Å². The first-order valence-electron chi connectivity index (χ1n) is 10.8. The third-order valence-corrected chi connectivity index (χ3v) is 6.06. The number of hydrogen-bond donors (Lipinski definition) is 0. The van der Waals surface area contributed by atoms with E-state index in [1.807, 2.05) is 6.07 Å². The molecule has 1 aromatic carbocycles. The van der Waals surface area contributed by atoms with E-state index in [2.05, 4.69) is 77.1 Å². The maximum Gasteiger partial charge on any atom is 0.172 e. The summed E-state index contributed by atoms with van der Waals surface area (Å²) >= 11 is 0. The molecule has 162 valence electrons. The van der Waals surface area contributed by atoms with Gasteiger partial charge in [-0.05, 0) is 39.2 Å². The highest BCUT2D eigenvalue weighted by molar-refractivity contribution is 5.17. The van der Waals surface area contributed by atoms with Crippen molar-refractivity contribution in [3.63, 3.8) is 0 Å². The first kappa shape index (κ1) is 23.8. The van der Waals surface area contributed by atoms with E-state index < -0.39 is 5.79 Å². The molecule has 1 heterocycles. The molecule has 0 aliphatic carbocycles. The van der Waals surface area contributed by atoms with Gasteiger partial charge in [-0.2, -0.15) is 5.06 Å². The normalized spacial score (nSPS) is 21.4. The van der Waals surface area contributed by atoms with Crippen molar-refractivity contribution < 1.29 is 14.3 Å². The van der Waals surface area contributed by atoms with Gasteiger partial charge in [0.2, 0.25) is 0 Å². The molecule has 4 heteroatoms. The minimum atomic E-state index is -0.687. The Bertz CT molecular complexity index is 639. The molecule has 0 spiro atoms. The van der Waals surface area contributed by atoms with Crippen LogP contribution in [0.5, 0.6) is 0 Å². The summed E-state index contributed by atoms with van der Waals surface area (Å²) in [5.74, 6) is -0.687. The predicted octanol–water partition coefficient (Wildman–Crippen LogP) is 6.21. The van der Waals surface area contributed by atoms with Gasteiger partial charge in [-0.25, -0.2) is 0 Å². The van der Waals surface area contributed by atoms with Crippen molar-refractivity contribution in [1.29, 1.82) is 0 Å². The Kier molecular flexibility index (Phi) is 8.24. The molecular formula is C25H39NO3. The van der Waals surface area contributed by atoms with Crippen molar-refractivity contribution in [1.82, 2.24) is 5.06 Å². The van der Waals surface area contributed by atoms with Crippen molar-refractivity contribution in [2.24, 2.45) is 0 Å². The van der Waals surface area contributed by atoms with E-state index in [1.165, 1.54) is 5.56 Å². The number of nitrogens with zero attached hydrogens (tertiary/aromatic N) is 1. The summed E-state index contributed by atoms with van der Waals surface area (Å²) in [6, 6.07) is 10.4. The maximum absolute atomic E-state index is 6.67. The monoisotopic (exact) mass is 401 g/mol. The van der Waals surface area contributed by atoms with E-state index >= 15 is 0 Å². The number of hydroxylamine groups is 2. The average molecular weight is 402 g/mol. The Morgan fingerprint density at radius 1 is 1.00 bits per heavy atom. The highest BCUT2D eigenvalue weighted by atomic mass is 16.7. The van der Waals surface area contributed by atoms with Crippen molar-refractivity contribution >= 4 is 0 Å². The molecule has 0 bridgehead atoms. The van der Waals surface area contributed by atoms with Crippen LogP contribution in [0.2, 0.25) is 0 Å². The van der Waals surface area contributed by atoms with E-state index in [0.717, 1.165) is 19.3 Å². The van der Waals surface area contributed by atoms with Crippen molar-refractivity contribution in [2.45, 2.75) is 83.3 Å². The summed E-state index contributed by atoms with van der Waals surface area (Å²) in [6.07, 6.45) is 6.84. The first-order valence-corrected chi connectivity index (χ1v) is 10.8. The topological polar surface area (TPSA) is 30.9 Å². The van der Waals surface area contributed by atoms with Gasteiger partial charge in [0.15, 0.2) is 5.79 Å². The fourth-order valence-electron chi connectivity index (χ4n) is 4.66. The van der Waals surface area contributed by atoms with Crippen molar-refractivity contribution in [2.75, 3.05) is 13.2 Å². The predicted molar refractivity (Wildman–Crippen MR) is 119 cm³/mol. The van der Waals surface area contributed by atoms with Crippen LogP contribution in [0.4, 0.5) is 0 Å². The molecule has 1 aliphatic rings. The Labute approximate surface area is 177 Å². The number of hydrogen-bond acceptors (Lipinski definition) is 4. The zero-order chi connectivity index (χ0) is 21.5. The summed E-state index contributed by atoms with van der Waals surface area (Å²) in [7, 11) is 0. The van der Waals surface area contributed by atoms with Gasteiger partial charge in [0, 0.05) is 18.4 Å². The summed E-state index contributed by atoms with van der Waals surface area (Å²) in [4.78, 5) is 6.67. The smallest absolute Gasteiger partial charge is 0.172 e. The fourth-order valence-corrected chi connectivity index (χ4v) is 4.66. The van der Waals surface area contributed by atoms with Gasteiger partial charge < -0.3 is 9.47 Å². The molecule has 1 atom stereocenters. The SMILES string of the molecule is C=CCOC1(OCC=C)CC(C)(C)N(OC(C)c2ccccc2)C(CC)(CC)C1. The summed E-state index contributed by atoms with van der Waals surface area (Å²) in [5, 5.41) is 2.24. The molecule has 0 radical (unpaired) electrons. The second kappa shape index (κ2) is 10.0. The Morgan fingerprint density at radius 2 is 1.55 bits per heavy atom. The lowest BCUT2D eigenvalue weighted by atomic mass is 9.73. The van der Waals surface area contributed by atoms with Gasteiger partial charge >= 0.3 is 0 Å². The second-order valence-electron chi connectivity index (χ2n) is 8.66. The quantitative estimate of drug-likeness (QED) is 0.326. The zero-order valence-electron chi connectivity index (χ0n) is 18.9. The number of ether oxygens (including phenoxy) is 2. The highest BCUT2D eigenvalue weighted by Crippen LogP contribution is 2.50. The van der Waals surface area contributed by atoms with Crippen LogP contribution in [0.25, 0.3) is 0 Å². The summed E-state index contributed by atoms with van der Waals surface area (Å²) in [6.45, 7) is 19.5. The molecule has 0 saturated carbocycles. The number of piperidine rings is 1. The Hall–Kier alpha value is -1.46. The molecule has 0 amide bonds.